The minimum Gasteiger partial charge on any atom is -0.301 e. The van der Waals surface area contributed by atoms with Gasteiger partial charge in [0.05, 0.1) is 4.90 Å². The highest BCUT2D eigenvalue weighted by Gasteiger charge is 2.19. The molecule has 1 atom stereocenters. The first-order valence-electron chi connectivity index (χ1n) is 9.42. The van der Waals surface area contributed by atoms with E-state index in [1.54, 1.807) is 6.07 Å². The van der Waals surface area contributed by atoms with Gasteiger partial charge in [-0.3, -0.25) is 0 Å². The first-order valence-corrected chi connectivity index (χ1v) is 10.9. The average Bonchev–Trinajstić information content (AvgIpc) is 2.59. The molecule has 1 N–H and O–H groups in total. The zero-order chi connectivity index (χ0) is 17.0. The first-order chi connectivity index (χ1) is 11.6. The Balaban J connectivity index is 1.52. The van der Waals surface area contributed by atoms with Crippen LogP contribution in [0.25, 0.3) is 0 Å². The molecule has 2 aliphatic rings. The monoisotopic (exact) mass is 350 g/mol. The molecule has 0 radical (unpaired) electrons. The van der Waals surface area contributed by atoms with Gasteiger partial charge in [0.1, 0.15) is 0 Å². The smallest absolute Gasteiger partial charge is 0.240 e. The summed E-state index contributed by atoms with van der Waals surface area (Å²) in [5.74, 6) is 0. The average molecular weight is 351 g/mol. The maximum absolute atomic E-state index is 12.5. The number of fused-ring (bicyclic) bond motifs is 1. The van der Waals surface area contributed by atoms with E-state index in [1.807, 2.05) is 12.1 Å². The number of benzene rings is 1. The lowest BCUT2D eigenvalue weighted by Crippen LogP contribution is -2.39. The molecule has 1 fully saturated rings. The molecule has 1 aromatic carbocycles. The number of rotatable bonds is 6. The number of hydrogen-bond acceptors (Lipinski definition) is 3. The van der Waals surface area contributed by atoms with Crippen molar-refractivity contribution in [1.82, 2.24) is 9.62 Å². The van der Waals surface area contributed by atoms with Gasteiger partial charge in [0.15, 0.2) is 0 Å². The molecule has 0 saturated carbocycles. The molecule has 0 aromatic heterocycles. The van der Waals surface area contributed by atoms with Gasteiger partial charge in [-0.05, 0) is 88.2 Å². The number of hydrogen-bond donors (Lipinski definition) is 1. The Hall–Kier alpha value is -0.910. The first kappa shape index (κ1) is 17.9. The number of aryl methyl sites for hydroxylation is 2. The van der Waals surface area contributed by atoms with Crippen molar-refractivity contribution in [3.8, 4) is 0 Å². The van der Waals surface area contributed by atoms with Crippen LogP contribution >= 0.6 is 0 Å². The van der Waals surface area contributed by atoms with Crippen LogP contribution in [0.3, 0.4) is 0 Å². The minimum atomic E-state index is -3.38. The fourth-order valence-electron chi connectivity index (χ4n) is 3.94. The molecular formula is C19H30N2O2S. The highest BCUT2D eigenvalue weighted by atomic mass is 32.2. The summed E-state index contributed by atoms with van der Waals surface area (Å²) >= 11 is 0. The summed E-state index contributed by atoms with van der Waals surface area (Å²) in [6.07, 6.45) is 9.19. The molecule has 24 heavy (non-hydrogen) atoms. The Bertz CT molecular complexity index is 657. The molecule has 3 rings (SSSR count). The second-order valence-corrected chi connectivity index (χ2v) is 9.04. The number of nitrogens with zero attached hydrogens (tertiary/aromatic N) is 1. The van der Waals surface area contributed by atoms with Crippen LogP contribution < -0.4 is 4.72 Å². The van der Waals surface area contributed by atoms with Gasteiger partial charge in [-0.1, -0.05) is 12.5 Å². The van der Waals surface area contributed by atoms with Gasteiger partial charge < -0.3 is 4.90 Å². The molecule has 1 heterocycles. The topological polar surface area (TPSA) is 49.4 Å². The molecular weight excluding hydrogens is 320 g/mol. The van der Waals surface area contributed by atoms with Gasteiger partial charge in [0, 0.05) is 12.6 Å². The van der Waals surface area contributed by atoms with E-state index in [2.05, 4.69) is 16.5 Å². The molecule has 1 unspecified atom stereocenters. The maximum atomic E-state index is 12.5. The standard InChI is InChI=1S/C19H30N2O2S/c1-16-7-4-5-13-21(16)14-6-12-20-24(22,23)19-11-10-17-8-2-3-9-18(17)15-19/h10-11,15-16,20H,2-9,12-14H2,1H3. The Morgan fingerprint density at radius 2 is 1.92 bits per heavy atom. The third-order valence-electron chi connectivity index (χ3n) is 5.49. The van der Waals surface area contributed by atoms with Gasteiger partial charge in [-0.2, -0.15) is 0 Å². The van der Waals surface area contributed by atoms with Gasteiger partial charge >= 0.3 is 0 Å². The molecule has 1 aromatic rings. The predicted octanol–water partition coefficient (Wildman–Crippen LogP) is 3.11. The molecule has 134 valence electrons. The normalized spacial score (nSPS) is 22.3. The van der Waals surface area contributed by atoms with Crippen molar-refractivity contribution in [2.45, 2.75) is 69.2 Å². The van der Waals surface area contributed by atoms with E-state index >= 15 is 0 Å². The van der Waals surface area contributed by atoms with Crippen molar-refractivity contribution in [3.63, 3.8) is 0 Å². The van der Waals surface area contributed by atoms with Gasteiger partial charge in [0.25, 0.3) is 0 Å². The summed E-state index contributed by atoms with van der Waals surface area (Å²) in [7, 11) is -3.38. The lowest BCUT2D eigenvalue weighted by Gasteiger charge is -2.33. The summed E-state index contributed by atoms with van der Waals surface area (Å²) in [4.78, 5) is 2.91. The lowest BCUT2D eigenvalue weighted by molar-refractivity contribution is 0.159. The lowest BCUT2D eigenvalue weighted by atomic mass is 9.92. The molecule has 0 amide bonds. The fourth-order valence-corrected chi connectivity index (χ4v) is 5.06. The summed E-state index contributed by atoms with van der Waals surface area (Å²) in [6.45, 7) is 4.92. The van der Waals surface area contributed by atoms with Crippen LogP contribution in [0.1, 0.15) is 56.6 Å². The third-order valence-corrected chi connectivity index (χ3v) is 6.94. The molecule has 1 aliphatic carbocycles. The summed E-state index contributed by atoms with van der Waals surface area (Å²) < 4.78 is 27.8. The van der Waals surface area contributed by atoms with Crippen LogP contribution in [-0.2, 0) is 22.9 Å². The number of sulfonamides is 1. The van der Waals surface area contributed by atoms with Crippen LogP contribution in [-0.4, -0.2) is 39.0 Å². The van der Waals surface area contributed by atoms with Crippen LogP contribution in [0.4, 0.5) is 0 Å². The maximum Gasteiger partial charge on any atom is 0.240 e. The Morgan fingerprint density at radius 3 is 2.71 bits per heavy atom. The number of nitrogens with one attached hydrogen (secondary N) is 1. The number of piperidine rings is 1. The van der Waals surface area contributed by atoms with E-state index in [0.29, 0.717) is 17.5 Å². The summed E-state index contributed by atoms with van der Waals surface area (Å²) in [6, 6.07) is 6.28. The highest BCUT2D eigenvalue weighted by Crippen LogP contribution is 2.24. The van der Waals surface area contributed by atoms with Gasteiger partial charge in [0.2, 0.25) is 10.0 Å². The van der Waals surface area contributed by atoms with E-state index < -0.39 is 10.0 Å². The Kier molecular flexibility index (Phi) is 5.95. The van der Waals surface area contributed by atoms with Crippen LogP contribution in [0.5, 0.6) is 0 Å². The van der Waals surface area contributed by atoms with Crippen molar-refractivity contribution >= 4 is 10.0 Å². The second kappa shape index (κ2) is 7.98. The molecule has 4 nitrogen and oxygen atoms in total. The second-order valence-electron chi connectivity index (χ2n) is 7.27. The van der Waals surface area contributed by atoms with Crippen molar-refractivity contribution < 1.29 is 8.42 Å². The van der Waals surface area contributed by atoms with Crippen LogP contribution in [0.15, 0.2) is 23.1 Å². The quantitative estimate of drug-likeness (QED) is 0.802. The molecule has 1 aliphatic heterocycles. The van der Waals surface area contributed by atoms with Crippen molar-refractivity contribution in [1.29, 1.82) is 0 Å². The Labute approximate surface area is 146 Å². The summed E-state index contributed by atoms with van der Waals surface area (Å²) in [5, 5.41) is 0. The van der Waals surface area contributed by atoms with Crippen molar-refractivity contribution in [2.24, 2.45) is 0 Å². The van der Waals surface area contributed by atoms with E-state index in [0.717, 1.165) is 38.8 Å². The molecule has 0 bridgehead atoms. The zero-order valence-corrected chi connectivity index (χ0v) is 15.6. The zero-order valence-electron chi connectivity index (χ0n) is 14.8. The largest absolute Gasteiger partial charge is 0.301 e. The van der Waals surface area contributed by atoms with E-state index in [1.165, 1.54) is 36.8 Å². The van der Waals surface area contributed by atoms with Gasteiger partial charge in [-0.25, -0.2) is 13.1 Å². The molecule has 1 saturated heterocycles. The minimum absolute atomic E-state index is 0.425. The van der Waals surface area contributed by atoms with Crippen LogP contribution in [0, 0.1) is 0 Å². The Morgan fingerprint density at radius 1 is 1.12 bits per heavy atom. The number of likely N-dealkylation sites (tertiary alicyclic amines) is 1. The van der Waals surface area contributed by atoms with Crippen molar-refractivity contribution in [3.05, 3.63) is 29.3 Å². The van der Waals surface area contributed by atoms with Crippen LogP contribution in [0.2, 0.25) is 0 Å². The van der Waals surface area contributed by atoms with E-state index in [-0.39, 0.29) is 0 Å². The SMILES string of the molecule is CC1CCCCN1CCCNS(=O)(=O)c1ccc2c(c1)CCCC2. The van der Waals surface area contributed by atoms with E-state index in [9.17, 15) is 8.42 Å². The molecule has 5 heteroatoms. The third kappa shape index (κ3) is 4.38. The van der Waals surface area contributed by atoms with E-state index in [4.69, 9.17) is 0 Å². The summed E-state index contributed by atoms with van der Waals surface area (Å²) in [5.41, 5.74) is 2.53. The molecule has 0 spiro atoms. The predicted molar refractivity (Wildman–Crippen MR) is 97.8 cm³/mol. The van der Waals surface area contributed by atoms with Gasteiger partial charge in [-0.15, -0.1) is 0 Å². The fraction of sp³-hybridized carbons (Fsp3) is 0.684. The van der Waals surface area contributed by atoms with Crippen molar-refractivity contribution in [2.75, 3.05) is 19.6 Å². The highest BCUT2D eigenvalue weighted by molar-refractivity contribution is 7.89.